The molecule has 1 saturated heterocycles. The van der Waals surface area contributed by atoms with Crippen molar-refractivity contribution in [3.8, 4) is 22.9 Å². The van der Waals surface area contributed by atoms with Gasteiger partial charge in [-0.1, -0.05) is 37.9 Å². The van der Waals surface area contributed by atoms with Gasteiger partial charge in [0.15, 0.2) is 0 Å². The number of carbonyl (C=O) groups is 1. The van der Waals surface area contributed by atoms with Crippen LogP contribution in [0.1, 0.15) is 6.42 Å². The molecule has 1 fully saturated rings. The highest BCUT2D eigenvalue weighted by atomic mass is 16.5. The van der Waals surface area contributed by atoms with Gasteiger partial charge in [-0.05, 0) is 36.3 Å². The number of nitrogen functional groups attached to an aromatic ring is 1. The molecule has 3 N–H and O–H groups in total. The summed E-state index contributed by atoms with van der Waals surface area (Å²) in [4.78, 5) is 22.3. The van der Waals surface area contributed by atoms with E-state index in [0.717, 1.165) is 5.56 Å². The van der Waals surface area contributed by atoms with Crippen LogP contribution in [0.25, 0.3) is 11.1 Å². The lowest BCUT2D eigenvalue weighted by Crippen LogP contribution is -2.32. The van der Waals surface area contributed by atoms with Gasteiger partial charge in [0.05, 0.1) is 5.56 Å². The van der Waals surface area contributed by atoms with Crippen LogP contribution in [0.4, 0.5) is 11.6 Å². The fourth-order valence-corrected chi connectivity index (χ4v) is 3.37. The molecule has 0 saturated carbocycles. The fourth-order valence-electron chi connectivity index (χ4n) is 3.37. The predicted molar refractivity (Wildman–Crippen MR) is 124 cm³/mol. The fraction of sp³-hybridized carbons (Fsp3) is 0.167. The highest BCUT2D eigenvalue weighted by molar-refractivity contribution is 5.96. The average molecular weight is 428 g/mol. The van der Waals surface area contributed by atoms with E-state index in [-0.39, 0.29) is 17.5 Å². The third kappa shape index (κ3) is 5.02. The standard InChI is InChI=1S/C24H24N6O2/c1-4-6-19(5-2)32-20-9-7-17(8-10-20)21-22(26)27-15-28-23(21)29-18-11-12-30(14-18)24(31)16(3)13-25/h4-10,15,18H,1-3,11-12,14H2,(H3,26,27,28,29)/b19-6+. The Balaban J connectivity index is 1.78. The Morgan fingerprint density at radius 1 is 1.31 bits per heavy atom. The number of rotatable bonds is 8. The van der Waals surface area contributed by atoms with Gasteiger partial charge in [-0.15, -0.1) is 0 Å². The highest BCUT2D eigenvalue weighted by Crippen LogP contribution is 2.33. The second kappa shape index (κ2) is 10.1. The molecule has 2 aromatic rings. The number of nitrogens with one attached hydrogen (secondary N) is 1. The first kappa shape index (κ1) is 22.3. The molecule has 1 aromatic carbocycles. The monoisotopic (exact) mass is 428 g/mol. The van der Waals surface area contributed by atoms with E-state index in [4.69, 9.17) is 15.7 Å². The SMILES string of the molecule is C=C/C=C(\C=C)Oc1ccc(-c2c(N)ncnc2NC2CCN(C(=O)C(=C)C#N)C2)cc1. The molecule has 1 aromatic heterocycles. The number of likely N-dealkylation sites (tertiary alicyclic amines) is 1. The first-order valence-corrected chi connectivity index (χ1v) is 9.95. The lowest BCUT2D eigenvalue weighted by molar-refractivity contribution is -0.125. The second-order valence-corrected chi connectivity index (χ2v) is 7.09. The third-order valence-corrected chi connectivity index (χ3v) is 4.95. The van der Waals surface area contributed by atoms with Crippen LogP contribution in [0.2, 0.25) is 0 Å². The molecule has 162 valence electrons. The van der Waals surface area contributed by atoms with Crippen LogP contribution in [0.5, 0.6) is 5.75 Å². The van der Waals surface area contributed by atoms with E-state index >= 15 is 0 Å². The van der Waals surface area contributed by atoms with Crippen molar-refractivity contribution in [1.29, 1.82) is 5.26 Å². The molecule has 1 unspecified atom stereocenters. The molecule has 2 heterocycles. The molecule has 1 atom stereocenters. The molecule has 0 spiro atoms. The van der Waals surface area contributed by atoms with E-state index in [9.17, 15) is 4.79 Å². The lowest BCUT2D eigenvalue weighted by Gasteiger charge is -2.19. The van der Waals surface area contributed by atoms with Gasteiger partial charge in [-0.3, -0.25) is 4.79 Å². The zero-order chi connectivity index (χ0) is 23.1. The third-order valence-electron chi connectivity index (χ3n) is 4.95. The van der Waals surface area contributed by atoms with Crippen LogP contribution in [0.15, 0.2) is 79.9 Å². The van der Waals surface area contributed by atoms with Crippen molar-refractivity contribution in [3.63, 3.8) is 0 Å². The minimum absolute atomic E-state index is 0.0414. The maximum atomic E-state index is 12.2. The number of hydrogen-bond donors (Lipinski definition) is 2. The van der Waals surface area contributed by atoms with Gasteiger partial charge in [0, 0.05) is 19.1 Å². The van der Waals surface area contributed by atoms with Crippen molar-refractivity contribution in [3.05, 3.63) is 79.9 Å². The van der Waals surface area contributed by atoms with E-state index in [1.165, 1.54) is 6.33 Å². The maximum Gasteiger partial charge on any atom is 0.263 e. The topological polar surface area (TPSA) is 117 Å². The number of nitrogens with two attached hydrogens (primary N) is 1. The number of nitrogens with zero attached hydrogens (tertiary/aromatic N) is 4. The van der Waals surface area contributed by atoms with Gasteiger partial charge in [0.1, 0.15) is 41.1 Å². The minimum atomic E-state index is -0.348. The predicted octanol–water partition coefficient (Wildman–Crippen LogP) is 3.45. The first-order valence-electron chi connectivity index (χ1n) is 9.95. The number of benzene rings is 1. The molecule has 1 aliphatic rings. The van der Waals surface area contributed by atoms with Gasteiger partial charge in [0.25, 0.3) is 5.91 Å². The zero-order valence-electron chi connectivity index (χ0n) is 17.6. The van der Waals surface area contributed by atoms with Crippen molar-refractivity contribution < 1.29 is 9.53 Å². The highest BCUT2D eigenvalue weighted by Gasteiger charge is 2.28. The molecule has 3 rings (SSSR count). The summed E-state index contributed by atoms with van der Waals surface area (Å²) in [6, 6.07) is 9.13. The number of hydrogen-bond acceptors (Lipinski definition) is 7. The van der Waals surface area contributed by atoms with Crippen LogP contribution in [0.3, 0.4) is 0 Å². The molecular formula is C24H24N6O2. The van der Waals surface area contributed by atoms with Crippen LogP contribution in [0, 0.1) is 11.3 Å². The smallest absolute Gasteiger partial charge is 0.263 e. The average Bonchev–Trinajstić information content (AvgIpc) is 3.27. The van der Waals surface area contributed by atoms with E-state index in [2.05, 4.69) is 35.0 Å². The summed E-state index contributed by atoms with van der Waals surface area (Å²) >= 11 is 0. The summed E-state index contributed by atoms with van der Waals surface area (Å²) in [5, 5.41) is 12.3. The first-order chi connectivity index (χ1) is 15.5. The quantitative estimate of drug-likeness (QED) is 0.286. The van der Waals surface area contributed by atoms with E-state index in [1.807, 2.05) is 24.3 Å². The van der Waals surface area contributed by atoms with Gasteiger partial charge < -0.3 is 20.7 Å². The molecule has 32 heavy (non-hydrogen) atoms. The Bertz CT molecular complexity index is 1110. The molecule has 0 bridgehead atoms. The van der Waals surface area contributed by atoms with Gasteiger partial charge in [-0.2, -0.15) is 5.26 Å². The summed E-state index contributed by atoms with van der Waals surface area (Å²) in [6.45, 7) is 11.8. The Morgan fingerprint density at radius 3 is 2.72 bits per heavy atom. The molecule has 0 radical (unpaired) electrons. The number of aromatic nitrogens is 2. The zero-order valence-corrected chi connectivity index (χ0v) is 17.6. The Morgan fingerprint density at radius 2 is 2.06 bits per heavy atom. The molecule has 1 amide bonds. The Labute approximate surface area is 187 Å². The van der Waals surface area contributed by atoms with Crippen molar-refractivity contribution in [2.24, 2.45) is 0 Å². The van der Waals surface area contributed by atoms with Gasteiger partial charge in [-0.25, -0.2) is 9.97 Å². The summed E-state index contributed by atoms with van der Waals surface area (Å²) in [5.74, 6) is 1.77. The molecular weight excluding hydrogens is 404 g/mol. The lowest BCUT2D eigenvalue weighted by atomic mass is 10.1. The van der Waals surface area contributed by atoms with Crippen molar-refractivity contribution in [2.45, 2.75) is 12.5 Å². The molecule has 8 heteroatoms. The van der Waals surface area contributed by atoms with E-state index in [1.54, 1.807) is 29.2 Å². The van der Waals surface area contributed by atoms with Crippen molar-refractivity contribution in [1.82, 2.24) is 14.9 Å². The van der Waals surface area contributed by atoms with E-state index in [0.29, 0.717) is 48.2 Å². The molecule has 8 nitrogen and oxygen atoms in total. The minimum Gasteiger partial charge on any atom is -0.457 e. The van der Waals surface area contributed by atoms with E-state index < -0.39 is 0 Å². The Hall–Kier alpha value is -4.38. The summed E-state index contributed by atoms with van der Waals surface area (Å²) in [5.41, 5.74) is 7.58. The van der Waals surface area contributed by atoms with Crippen LogP contribution < -0.4 is 15.8 Å². The van der Waals surface area contributed by atoms with Crippen molar-refractivity contribution >= 4 is 17.5 Å². The largest absolute Gasteiger partial charge is 0.457 e. The van der Waals surface area contributed by atoms with Crippen molar-refractivity contribution in [2.75, 3.05) is 24.1 Å². The number of anilines is 2. The summed E-state index contributed by atoms with van der Waals surface area (Å²) < 4.78 is 5.75. The maximum absolute atomic E-state index is 12.2. The van der Waals surface area contributed by atoms with Gasteiger partial charge in [0.2, 0.25) is 0 Å². The van der Waals surface area contributed by atoms with Crippen LogP contribution >= 0.6 is 0 Å². The second-order valence-electron chi connectivity index (χ2n) is 7.09. The number of amides is 1. The molecule has 0 aliphatic carbocycles. The number of ether oxygens (including phenoxy) is 1. The van der Waals surface area contributed by atoms with Crippen LogP contribution in [-0.4, -0.2) is 39.9 Å². The molecule has 1 aliphatic heterocycles. The summed E-state index contributed by atoms with van der Waals surface area (Å²) in [6.07, 6.45) is 7.04. The number of nitriles is 1. The summed E-state index contributed by atoms with van der Waals surface area (Å²) in [7, 11) is 0. The number of carbonyl (C=O) groups excluding carboxylic acids is 1. The van der Waals surface area contributed by atoms with Gasteiger partial charge >= 0.3 is 0 Å². The van der Waals surface area contributed by atoms with Crippen LogP contribution in [-0.2, 0) is 4.79 Å². The Kier molecular flexibility index (Phi) is 7.03. The normalized spacial score (nSPS) is 15.5. The number of allylic oxidation sites excluding steroid dienone is 3.